The minimum atomic E-state index is -0.698. The van der Waals surface area contributed by atoms with E-state index in [1.54, 1.807) is 12.4 Å². The van der Waals surface area contributed by atoms with Crippen LogP contribution in [0.4, 0.5) is 0 Å². The van der Waals surface area contributed by atoms with Crippen LogP contribution in [0.25, 0.3) is 0 Å². The van der Waals surface area contributed by atoms with Crippen molar-refractivity contribution in [1.29, 1.82) is 0 Å². The van der Waals surface area contributed by atoms with Gasteiger partial charge in [-0.2, -0.15) is 0 Å². The SMILES string of the molecule is Cc1ccc(C(O)c2cncnc2)c(Br)c1. The van der Waals surface area contributed by atoms with Crippen molar-refractivity contribution in [2.45, 2.75) is 13.0 Å². The molecule has 0 fully saturated rings. The van der Waals surface area contributed by atoms with Crippen LogP contribution in [0.5, 0.6) is 0 Å². The van der Waals surface area contributed by atoms with Gasteiger partial charge in [0.05, 0.1) is 0 Å². The number of aromatic nitrogens is 2. The van der Waals surface area contributed by atoms with E-state index >= 15 is 0 Å². The Morgan fingerprint density at radius 3 is 2.56 bits per heavy atom. The maximum Gasteiger partial charge on any atom is 0.115 e. The molecule has 1 atom stereocenters. The monoisotopic (exact) mass is 278 g/mol. The van der Waals surface area contributed by atoms with Gasteiger partial charge in [0, 0.05) is 22.4 Å². The Morgan fingerprint density at radius 2 is 1.94 bits per heavy atom. The number of aliphatic hydroxyl groups is 1. The van der Waals surface area contributed by atoms with Gasteiger partial charge in [0.2, 0.25) is 0 Å². The van der Waals surface area contributed by atoms with Crippen LogP contribution in [0.2, 0.25) is 0 Å². The standard InChI is InChI=1S/C12H11BrN2O/c1-8-2-3-10(11(13)4-8)12(16)9-5-14-7-15-6-9/h2-7,12,16H,1H3. The quantitative estimate of drug-likeness (QED) is 0.919. The van der Waals surface area contributed by atoms with Crippen molar-refractivity contribution in [2.75, 3.05) is 0 Å². The molecule has 0 amide bonds. The summed E-state index contributed by atoms with van der Waals surface area (Å²) in [7, 11) is 0. The van der Waals surface area contributed by atoms with Gasteiger partial charge in [0.1, 0.15) is 12.4 Å². The highest BCUT2D eigenvalue weighted by atomic mass is 79.9. The molecule has 1 N–H and O–H groups in total. The van der Waals surface area contributed by atoms with Gasteiger partial charge in [0.25, 0.3) is 0 Å². The molecular formula is C12H11BrN2O. The van der Waals surface area contributed by atoms with Gasteiger partial charge < -0.3 is 5.11 Å². The van der Waals surface area contributed by atoms with Crippen LogP contribution in [0.3, 0.4) is 0 Å². The number of rotatable bonds is 2. The first-order valence-electron chi connectivity index (χ1n) is 4.87. The topological polar surface area (TPSA) is 46.0 Å². The van der Waals surface area contributed by atoms with E-state index < -0.39 is 6.10 Å². The van der Waals surface area contributed by atoms with Crippen LogP contribution in [0, 0.1) is 6.92 Å². The third-order valence-corrected chi connectivity index (χ3v) is 3.03. The predicted molar refractivity (Wildman–Crippen MR) is 65.0 cm³/mol. The molecule has 0 aliphatic carbocycles. The van der Waals surface area contributed by atoms with Gasteiger partial charge in [-0.3, -0.25) is 0 Å². The first-order chi connectivity index (χ1) is 7.68. The third-order valence-electron chi connectivity index (χ3n) is 2.35. The molecule has 0 spiro atoms. The summed E-state index contributed by atoms with van der Waals surface area (Å²) >= 11 is 3.44. The average Bonchev–Trinajstić information content (AvgIpc) is 2.29. The van der Waals surface area contributed by atoms with Gasteiger partial charge in [-0.05, 0) is 24.1 Å². The Balaban J connectivity index is 2.38. The van der Waals surface area contributed by atoms with Gasteiger partial charge in [-0.15, -0.1) is 0 Å². The van der Waals surface area contributed by atoms with E-state index in [0.717, 1.165) is 15.6 Å². The van der Waals surface area contributed by atoms with Crippen molar-refractivity contribution in [3.8, 4) is 0 Å². The summed E-state index contributed by atoms with van der Waals surface area (Å²) in [5, 5.41) is 10.2. The number of aryl methyl sites for hydroxylation is 1. The minimum Gasteiger partial charge on any atom is -0.383 e. The molecule has 0 radical (unpaired) electrons. The summed E-state index contributed by atoms with van der Waals surface area (Å²) in [5.41, 5.74) is 2.65. The zero-order chi connectivity index (χ0) is 11.5. The largest absolute Gasteiger partial charge is 0.383 e. The molecule has 0 aliphatic rings. The first-order valence-corrected chi connectivity index (χ1v) is 5.67. The fourth-order valence-electron chi connectivity index (χ4n) is 1.49. The van der Waals surface area contributed by atoms with Crippen molar-refractivity contribution in [3.63, 3.8) is 0 Å². The fourth-order valence-corrected chi connectivity index (χ4v) is 2.20. The van der Waals surface area contributed by atoms with E-state index in [1.165, 1.54) is 6.33 Å². The number of hydrogen-bond donors (Lipinski definition) is 1. The Bertz CT molecular complexity index is 488. The Labute approximate surface area is 102 Å². The summed E-state index contributed by atoms with van der Waals surface area (Å²) in [4.78, 5) is 7.78. The van der Waals surface area contributed by atoms with E-state index in [0.29, 0.717) is 5.56 Å². The number of halogens is 1. The summed E-state index contributed by atoms with van der Waals surface area (Å²) in [6.07, 6.45) is 3.98. The maximum atomic E-state index is 10.2. The molecule has 0 aliphatic heterocycles. The van der Waals surface area contributed by atoms with Crippen LogP contribution < -0.4 is 0 Å². The Morgan fingerprint density at radius 1 is 1.25 bits per heavy atom. The summed E-state index contributed by atoms with van der Waals surface area (Å²) in [5.74, 6) is 0. The van der Waals surface area contributed by atoms with Gasteiger partial charge in [-0.25, -0.2) is 9.97 Å². The number of nitrogens with zero attached hydrogens (tertiary/aromatic N) is 2. The van der Waals surface area contributed by atoms with Gasteiger partial charge >= 0.3 is 0 Å². The molecule has 1 aromatic heterocycles. The van der Waals surface area contributed by atoms with Crippen LogP contribution >= 0.6 is 15.9 Å². The van der Waals surface area contributed by atoms with Crippen LogP contribution in [-0.2, 0) is 0 Å². The Kier molecular flexibility index (Phi) is 3.31. The van der Waals surface area contributed by atoms with Crippen molar-refractivity contribution in [1.82, 2.24) is 9.97 Å². The molecule has 82 valence electrons. The Hall–Kier alpha value is -1.26. The summed E-state index contributed by atoms with van der Waals surface area (Å²) < 4.78 is 0.892. The average molecular weight is 279 g/mol. The van der Waals surface area contributed by atoms with E-state index in [-0.39, 0.29) is 0 Å². The second-order valence-electron chi connectivity index (χ2n) is 3.60. The normalized spacial score (nSPS) is 12.4. The second-order valence-corrected chi connectivity index (χ2v) is 4.45. The van der Waals surface area contributed by atoms with Gasteiger partial charge in [0.15, 0.2) is 0 Å². The molecule has 1 unspecified atom stereocenters. The lowest BCUT2D eigenvalue weighted by atomic mass is 10.0. The highest BCUT2D eigenvalue weighted by Crippen LogP contribution is 2.28. The van der Waals surface area contributed by atoms with Crippen molar-refractivity contribution >= 4 is 15.9 Å². The highest BCUT2D eigenvalue weighted by molar-refractivity contribution is 9.10. The fraction of sp³-hybridized carbons (Fsp3) is 0.167. The first kappa shape index (κ1) is 11.2. The molecule has 0 saturated heterocycles. The minimum absolute atomic E-state index is 0.687. The molecular weight excluding hydrogens is 268 g/mol. The smallest absolute Gasteiger partial charge is 0.115 e. The number of benzene rings is 1. The third kappa shape index (κ3) is 2.28. The second kappa shape index (κ2) is 4.72. The number of hydrogen-bond acceptors (Lipinski definition) is 3. The van der Waals surface area contributed by atoms with Crippen LogP contribution in [0.15, 0.2) is 41.4 Å². The molecule has 1 heterocycles. The zero-order valence-corrected chi connectivity index (χ0v) is 10.3. The lowest BCUT2D eigenvalue weighted by Crippen LogP contribution is -2.01. The predicted octanol–water partition coefficient (Wildman–Crippen LogP) is 2.63. The van der Waals surface area contributed by atoms with Crippen molar-refractivity contribution < 1.29 is 5.11 Å². The van der Waals surface area contributed by atoms with E-state index in [9.17, 15) is 5.11 Å². The molecule has 0 bridgehead atoms. The summed E-state index contributed by atoms with van der Waals surface area (Å²) in [6, 6.07) is 5.84. The molecule has 2 aromatic rings. The highest BCUT2D eigenvalue weighted by Gasteiger charge is 2.13. The molecule has 3 nitrogen and oxygen atoms in total. The van der Waals surface area contributed by atoms with Crippen LogP contribution in [-0.4, -0.2) is 15.1 Å². The van der Waals surface area contributed by atoms with Gasteiger partial charge in [-0.1, -0.05) is 28.1 Å². The van der Waals surface area contributed by atoms with E-state index in [1.807, 2.05) is 25.1 Å². The molecule has 4 heteroatoms. The lowest BCUT2D eigenvalue weighted by molar-refractivity contribution is 0.218. The number of aliphatic hydroxyl groups excluding tert-OH is 1. The molecule has 2 rings (SSSR count). The van der Waals surface area contributed by atoms with E-state index in [2.05, 4.69) is 25.9 Å². The summed E-state index contributed by atoms with van der Waals surface area (Å²) in [6.45, 7) is 2.01. The maximum absolute atomic E-state index is 10.2. The molecule has 16 heavy (non-hydrogen) atoms. The molecule has 0 saturated carbocycles. The van der Waals surface area contributed by atoms with Crippen molar-refractivity contribution in [3.05, 3.63) is 58.1 Å². The lowest BCUT2D eigenvalue weighted by Gasteiger charge is -2.12. The van der Waals surface area contributed by atoms with Crippen molar-refractivity contribution in [2.24, 2.45) is 0 Å². The van der Waals surface area contributed by atoms with E-state index in [4.69, 9.17) is 0 Å². The zero-order valence-electron chi connectivity index (χ0n) is 8.76. The van der Waals surface area contributed by atoms with Crippen LogP contribution in [0.1, 0.15) is 22.8 Å². The molecule has 1 aromatic carbocycles.